The summed E-state index contributed by atoms with van der Waals surface area (Å²) in [5.74, 6) is -0.488. The normalized spacial score (nSPS) is 10.2. The second-order valence-corrected chi connectivity index (χ2v) is 3.07. The van der Waals surface area contributed by atoms with Crippen molar-refractivity contribution in [1.82, 2.24) is 0 Å². The third-order valence-corrected chi connectivity index (χ3v) is 2.33. The van der Waals surface area contributed by atoms with E-state index in [9.17, 15) is 4.39 Å². The summed E-state index contributed by atoms with van der Waals surface area (Å²) in [6, 6.07) is 2.78. The summed E-state index contributed by atoms with van der Waals surface area (Å²) in [5.41, 5.74) is 1.16. The average molecular weight is 222 g/mol. The lowest BCUT2D eigenvalue weighted by atomic mass is 10.1. The molecule has 0 atom stereocenters. The molecule has 0 aliphatic rings. The molecule has 72 valence electrons. The molecule has 0 fully saturated rings. The molecule has 0 spiro atoms. The van der Waals surface area contributed by atoms with E-state index in [1.54, 1.807) is 0 Å². The number of aliphatic hydroxyl groups excluding tert-OH is 1. The Labute approximate surface area is 86.3 Å². The van der Waals surface area contributed by atoms with Crippen LogP contribution in [0.1, 0.15) is 5.56 Å². The number of aliphatic hydroxyl groups is 1. The van der Waals surface area contributed by atoms with E-state index >= 15 is 0 Å². The number of nitrogens with one attached hydrogen (secondary N) is 1. The van der Waals surface area contributed by atoms with Crippen molar-refractivity contribution in [2.45, 2.75) is 6.42 Å². The van der Waals surface area contributed by atoms with E-state index < -0.39 is 5.82 Å². The molecule has 0 amide bonds. The molecule has 1 rings (SSSR count). The van der Waals surface area contributed by atoms with Crippen LogP contribution < -0.4 is 4.72 Å². The number of benzene rings is 1. The number of halogens is 2. The van der Waals surface area contributed by atoms with Crippen LogP contribution >= 0.6 is 24.4 Å². The van der Waals surface area contributed by atoms with Gasteiger partial charge in [0.25, 0.3) is 0 Å². The van der Waals surface area contributed by atoms with Gasteiger partial charge in [0, 0.05) is 12.3 Å². The fourth-order valence-corrected chi connectivity index (χ4v) is 1.52. The molecule has 0 aromatic heterocycles. The fourth-order valence-electron chi connectivity index (χ4n) is 1.05. The molecule has 0 radical (unpaired) electrons. The largest absolute Gasteiger partial charge is 0.396 e. The van der Waals surface area contributed by atoms with Gasteiger partial charge in [-0.05, 0) is 24.1 Å². The van der Waals surface area contributed by atoms with E-state index in [0.717, 1.165) is 0 Å². The molecule has 0 aliphatic heterocycles. The van der Waals surface area contributed by atoms with Gasteiger partial charge in [-0.25, -0.2) is 4.39 Å². The SMILES string of the molecule is OCCc1c(NS)ccc(F)c1Cl. The van der Waals surface area contributed by atoms with Gasteiger partial charge in [0.05, 0.1) is 5.02 Å². The molecule has 2 nitrogen and oxygen atoms in total. The Morgan fingerprint density at radius 2 is 2.23 bits per heavy atom. The summed E-state index contributed by atoms with van der Waals surface area (Å²) in [5, 5.41) is 8.76. The predicted molar refractivity (Wildman–Crippen MR) is 54.8 cm³/mol. The molecular weight excluding hydrogens is 213 g/mol. The molecule has 0 unspecified atom stereocenters. The Morgan fingerprint density at radius 3 is 2.77 bits per heavy atom. The van der Waals surface area contributed by atoms with Crippen molar-refractivity contribution in [3.05, 3.63) is 28.5 Å². The first kappa shape index (κ1) is 10.6. The fraction of sp³-hybridized carbons (Fsp3) is 0.250. The van der Waals surface area contributed by atoms with Crippen molar-refractivity contribution >= 4 is 30.1 Å². The molecular formula is C8H9ClFNOS. The van der Waals surface area contributed by atoms with Gasteiger partial charge < -0.3 is 9.83 Å². The van der Waals surface area contributed by atoms with E-state index in [4.69, 9.17) is 16.7 Å². The Hall–Kier alpha value is -0.450. The third-order valence-electron chi connectivity index (χ3n) is 1.68. The molecule has 0 saturated carbocycles. The van der Waals surface area contributed by atoms with Crippen LogP contribution in [0.3, 0.4) is 0 Å². The minimum Gasteiger partial charge on any atom is -0.396 e. The van der Waals surface area contributed by atoms with E-state index in [1.165, 1.54) is 12.1 Å². The molecule has 0 heterocycles. The van der Waals surface area contributed by atoms with Gasteiger partial charge in [-0.3, -0.25) is 0 Å². The van der Waals surface area contributed by atoms with Crippen LogP contribution in [0, 0.1) is 5.82 Å². The van der Waals surface area contributed by atoms with Crippen LogP contribution in [0.25, 0.3) is 0 Å². The summed E-state index contributed by atoms with van der Waals surface area (Å²) in [6.45, 7) is -0.0777. The second-order valence-electron chi connectivity index (χ2n) is 2.47. The van der Waals surface area contributed by atoms with Gasteiger partial charge >= 0.3 is 0 Å². The van der Waals surface area contributed by atoms with Gasteiger partial charge in [0.2, 0.25) is 0 Å². The first-order chi connectivity index (χ1) is 6.20. The molecule has 2 N–H and O–H groups in total. The summed E-state index contributed by atoms with van der Waals surface area (Å²) in [7, 11) is 0. The summed E-state index contributed by atoms with van der Waals surface area (Å²) < 4.78 is 15.5. The highest BCUT2D eigenvalue weighted by Gasteiger charge is 2.10. The van der Waals surface area contributed by atoms with Crippen LogP contribution in [-0.2, 0) is 6.42 Å². The Balaban J connectivity index is 3.15. The van der Waals surface area contributed by atoms with Gasteiger partial charge in [-0.1, -0.05) is 24.4 Å². The van der Waals surface area contributed by atoms with E-state index in [1.807, 2.05) is 0 Å². The topological polar surface area (TPSA) is 32.3 Å². The molecule has 0 saturated heterocycles. The summed E-state index contributed by atoms with van der Waals surface area (Å²) in [4.78, 5) is 0. The van der Waals surface area contributed by atoms with Crippen molar-refractivity contribution in [3.63, 3.8) is 0 Å². The zero-order valence-electron chi connectivity index (χ0n) is 6.72. The lowest BCUT2D eigenvalue weighted by molar-refractivity contribution is 0.299. The van der Waals surface area contributed by atoms with Gasteiger partial charge in [0.1, 0.15) is 5.82 Å². The van der Waals surface area contributed by atoms with Gasteiger partial charge in [-0.2, -0.15) is 0 Å². The highest BCUT2D eigenvalue weighted by atomic mass is 35.5. The maximum Gasteiger partial charge on any atom is 0.142 e. The third kappa shape index (κ3) is 2.27. The van der Waals surface area contributed by atoms with Crippen LogP contribution in [-0.4, -0.2) is 11.7 Å². The van der Waals surface area contributed by atoms with Crippen molar-refractivity contribution in [3.8, 4) is 0 Å². The van der Waals surface area contributed by atoms with Crippen molar-refractivity contribution in [2.24, 2.45) is 0 Å². The van der Waals surface area contributed by atoms with Crippen molar-refractivity contribution in [2.75, 3.05) is 11.3 Å². The summed E-state index contributed by atoms with van der Waals surface area (Å²) in [6.07, 6.45) is 0.305. The van der Waals surface area contributed by atoms with E-state index in [-0.39, 0.29) is 11.6 Å². The predicted octanol–water partition coefficient (Wildman–Crippen LogP) is 2.27. The minimum absolute atomic E-state index is 0.0353. The number of anilines is 1. The first-order valence-electron chi connectivity index (χ1n) is 3.68. The Bertz CT molecular complexity index is 308. The quantitative estimate of drug-likeness (QED) is 0.685. The zero-order chi connectivity index (χ0) is 9.84. The number of rotatable bonds is 3. The first-order valence-corrected chi connectivity index (χ1v) is 4.51. The highest BCUT2D eigenvalue weighted by molar-refractivity contribution is 7.81. The highest BCUT2D eigenvalue weighted by Crippen LogP contribution is 2.27. The second kappa shape index (κ2) is 4.69. The molecule has 0 aliphatic carbocycles. The monoisotopic (exact) mass is 221 g/mol. The maximum absolute atomic E-state index is 13.0. The van der Waals surface area contributed by atoms with E-state index in [0.29, 0.717) is 17.7 Å². The molecule has 1 aromatic carbocycles. The lowest BCUT2D eigenvalue weighted by Gasteiger charge is -2.09. The molecule has 1 aromatic rings. The van der Waals surface area contributed by atoms with Crippen LogP contribution in [0.5, 0.6) is 0 Å². The van der Waals surface area contributed by atoms with Crippen molar-refractivity contribution < 1.29 is 9.50 Å². The van der Waals surface area contributed by atoms with Crippen LogP contribution in [0.2, 0.25) is 5.02 Å². The van der Waals surface area contributed by atoms with Crippen LogP contribution in [0.4, 0.5) is 10.1 Å². The Morgan fingerprint density at radius 1 is 1.54 bits per heavy atom. The smallest absolute Gasteiger partial charge is 0.142 e. The molecule has 5 heteroatoms. The zero-order valence-corrected chi connectivity index (χ0v) is 8.37. The molecule has 0 bridgehead atoms. The van der Waals surface area contributed by atoms with Crippen molar-refractivity contribution in [1.29, 1.82) is 0 Å². The average Bonchev–Trinajstić information content (AvgIpc) is 2.14. The minimum atomic E-state index is -0.488. The lowest BCUT2D eigenvalue weighted by Crippen LogP contribution is -1.98. The van der Waals surface area contributed by atoms with Gasteiger partial charge in [0.15, 0.2) is 0 Å². The van der Waals surface area contributed by atoms with Gasteiger partial charge in [-0.15, -0.1) is 0 Å². The maximum atomic E-state index is 13.0. The number of hydrogen-bond donors (Lipinski definition) is 3. The van der Waals surface area contributed by atoms with Crippen LogP contribution in [0.15, 0.2) is 12.1 Å². The Kier molecular flexibility index (Phi) is 3.84. The molecule has 13 heavy (non-hydrogen) atoms. The standard InChI is InChI=1S/C8H9ClFNOS/c9-8-5(3-4-12)7(11-13)2-1-6(8)10/h1-2,11-13H,3-4H2. The summed E-state index contributed by atoms with van der Waals surface area (Å²) >= 11 is 9.54. The number of thiol groups is 1. The number of hydrogen-bond acceptors (Lipinski definition) is 3. The van der Waals surface area contributed by atoms with E-state index in [2.05, 4.69) is 17.5 Å².